The Kier molecular flexibility index (Phi) is 6.19. The summed E-state index contributed by atoms with van der Waals surface area (Å²) in [7, 11) is -1.90. The van der Waals surface area contributed by atoms with Crippen molar-refractivity contribution >= 4 is 10.0 Å². The van der Waals surface area contributed by atoms with Crippen LogP contribution < -0.4 is 9.46 Å². The highest BCUT2D eigenvalue weighted by Gasteiger charge is 2.17. The number of nitrogens with zero attached hydrogens (tertiary/aromatic N) is 1. The minimum absolute atomic E-state index is 0.284. The van der Waals surface area contributed by atoms with Gasteiger partial charge in [-0.1, -0.05) is 6.92 Å². The summed E-state index contributed by atoms with van der Waals surface area (Å²) in [5.41, 5.74) is 0.888. The molecule has 0 aliphatic carbocycles. The standard InChI is InChI=1S/C15H24N2O4S/c1-3-13-12-14(4-5-15(13)20-2)22(18,19)16-6-7-17-8-10-21-11-9-17/h4-5,12,16H,3,6-11H2,1-2H3. The lowest BCUT2D eigenvalue weighted by Gasteiger charge is -2.26. The molecular weight excluding hydrogens is 304 g/mol. The highest BCUT2D eigenvalue weighted by molar-refractivity contribution is 7.89. The zero-order chi connectivity index (χ0) is 16.0. The molecule has 1 heterocycles. The Bertz CT molecular complexity index is 583. The van der Waals surface area contributed by atoms with E-state index >= 15 is 0 Å². The summed E-state index contributed by atoms with van der Waals surface area (Å²) in [6, 6.07) is 4.96. The normalized spacial score (nSPS) is 16.6. The molecule has 1 saturated heterocycles. The van der Waals surface area contributed by atoms with E-state index in [9.17, 15) is 8.42 Å². The van der Waals surface area contributed by atoms with Gasteiger partial charge in [0.2, 0.25) is 10.0 Å². The SMILES string of the molecule is CCc1cc(S(=O)(=O)NCCN2CCOCC2)ccc1OC. The van der Waals surface area contributed by atoms with E-state index < -0.39 is 10.0 Å². The summed E-state index contributed by atoms with van der Waals surface area (Å²) in [5.74, 6) is 0.717. The molecule has 6 nitrogen and oxygen atoms in total. The van der Waals surface area contributed by atoms with E-state index in [-0.39, 0.29) is 4.90 Å². The summed E-state index contributed by atoms with van der Waals surface area (Å²) in [4.78, 5) is 2.48. The predicted molar refractivity (Wildman–Crippen MR) is 84.8 cm³/mol. The van der Waals surface area contributed by atoms with Gasteiger partial charge in [0.1, 0.15) is 5.75 Å². The zero-order valence-electron chi connectivity index (χ0n) is 13.2. The van der Waals surface area contributed by atoms with Crippen molar-refractivity contribution in [2.75, 3.05) is 46.5 Å². The average Bonchev–Trinajstić information content (AvgIpc) is 2.55. The molecule has 1 aliphatic rings. The van der Waals surface area contributed by atoms with Gasteiger partial charge in [0, 0.05) is 26.2 Å². The number of morpholine rings is 1. The molecule has 2 rings (SSSR count). The summed E-state index contributed by atoms with van der Waals surface area (Å²) < 4.78 is 37.9. The fraction of sp³-hybridized carbons (Fsp3) is 0.600. The number of aryl methyl sites for hydroxylation is 1. The van der Waals surface area contributed by atoms with E-state index in [4.69, 9.17) is 9.47 Å². The molecule has 0 spiro atoms. The van der Waals surface area contributed by atoms with Crippen molar-refractivity contribution in [2.24, 2.45) is 0 Å². The second-order valence-corrected chi connectivity index (χ2v) is 6.95. The minimum atomic E-state index is -3.48. The first-order valence-corrected chi connectivity index (χ1v) is 9.02. The number of benzene rings is 1. The number of hydrogen-bond donors (Lipinski definition) is 1. The summed E-state index contributed by atoms with van der Waals surface area (Å²) >= 11 is 0. The Morgan fingerprint density at radius 1 is 1.32 bits per heavy atom. The smallest absolute Gasteiger partial charge is 0.240 e. The van der Waals surface area contributed by atoms with Gasteiger partial charge in [-0.2, -0.15) is 0 Å². The third-order valence-electron chi connectivity index (χ3n) is 3.77. The topological polar surface area (TPSA) is 67.9 Å². The number of nitrogens with one attached hydrogen (secondary N) is 1. The Balaban J connectivity index is 1.97. The summed E-state index contributed by atoms with van der Waals surface area (Å²) in [6.45, 7) is 6.19. The van der Waals surface area contributed by atoms with Crippen molar-refractivity contribution in [3.63, 3.8) is 0 Å². The first-order valence-electron chi connectivity index (χ1n) is 7.53. The van der Waals surface area contributed by atoms with E-state index in [2.05, 4.69) is 9.62 Å². The number of ether oxygens (including phenoxy) is 2. The van der Waals surface area contributed by atoms with Crippen molar-refractivity contribution in [3.8, 4) is 5.75 Å². The van der Waals surface area contributed by atoms with Crippen LogP contribution in [0.3, 0.4) is 0 Å². The predicted octanol–water partition coefficient (Wildman–Crippen LogP) is 0.868. The van der Waals surface area contributed by atoms with Crippen LogP contribution in [-0.4, -0.2) is 59.8 Å². The third kappa shape index (κ3) is 4.42. The van der Waals surface area contributed by atoms with Crippen LogP contribution in [0.2, 0.25) is 0 Å². The van der Waals surface area contributed by atoms with E-state index in [1.54, 1.807) is 25.3 Å². The first-order chi connectivity index (χ1) is 10.6. The zero-order valence-corrected chi connectivity index (χ0v) is 14.0. The maximum Gasteiger partial charge on any atom is 0.240 e. The molecule has 7 heteroatoms. The molecular formula is C15H24N2O4S. The Hall–Kier alpha value is -1.15. The van der Waals surface area contributed by atoms with Gasteiger partial charge in [-0.15, -0.1) is 0 Å². The van der Waals surface area contributed by atoms with Gasteiger partial charge in [-0.3, -0.25) is 4.90 Å². The molecule has 1 aromatic carbocycles. The lowest BCUT2D eigenvalue weighted by atomic mass is 10.1. The van der Waals surface area contributed by atoms with Crippen molar-refractivity contribution in [1.29, 1.82) is 0 Å². The van der Waals surface area contributed by atoms with Crippen LogP contribution in [0.1, 0.15) is 12.5 Å². The fourth-order valence-electron chi connectivity index (χ4n) is 2.44. The quantitative estimate of drug-likeness (QED) is 0.804. The molecule has 124 valence electrons. The van der Waals surface area contributed by atoms with Crippen LogP contribution in [0, 0.1) is 0 Å². The van der Waals surface area contributed by atoms with Crippen LogP contribution in [-0.2, 0) is 21.2 Å². The van der Waals surface area contributed by atoms with Crippen molar-refractivity contribution in [2.45, 2.75) is 18.2 Å². The number of sulfonamides is 1. The molecule has 1 aromatic rings. The molecule has 0 radical (unpaired) electrons. The van der Waals surface area contributed by atoms with Crippen LogP contribution in [0.4, 0.5) is 0 Å². The summed E-state index contributed by atoms with van der Waals surface area (Å²) in [6.07, 6.45) is 0.723. The monoisotopic (exact) mass is 328 g/mol. The van der Waals surface area contributed by atoms with Crippen molar-refractivity contribution in [1.82, 2.24) is 9.62 Å². The molecule has 0 atom stereocenters. The Morgan fingerprint density at radius 2 is 2.05 bits per heavy atom. The van der Waals surface area contributed by atoms with E-state index in [0.29, 0.717) is 26.3 Å². The lowest BCUT2D eigenvalue weighted by Crippen LogP contribution is -2.41. The van der Waals surface area contributed by atoms with Gasteiger partial charge >= 0.3 is 0 Å². The van der Waals surface area contributed by atoms with Crippen molar-refractivity contribution < 1.29 is 17.9 Å². The fourth-order valence-corrected chi connectivity index (χ4v) is 3.52. The van der Waals surface area contributed by atoms with Gasteiger partial charge < -0.3 is 9.47 Å². The van der Waals surface area contributed by atoms with Gasteiger partial charge in [0.05, 0.1) is 25.2 Å². The number of rotatable bonds is 7. The highest BCUT2D eigenvalue weighted by Crippen LogP contribution is 2.22. The van der Waals surface area contributed by atoms with Crippen LogP contribution in [0.15, 0.2) is 23.1 Å². The highest BCUT2D eigenvalue weighted by atomic mass is 32.2. The lowest BCUT2D eigenvalue weighted by molar-refractivity contribution is 0.0390. The number of methoxy groups -OCH3 is 1. The molecule has 22 heavy (non-hydrogen) atoms. The molecule has 0 amide bonds. The maximum atomic E-state index is 12.3. The van der Waals surface area contributed by atoms with E-state index in [1.165, 1.54) is 0 Å². The molecule has 0 unspecified atom stereocenters. The molecule has 1 aliphatic heterocycles. The first kappa shape index (κ1) is 17.2. The maximum absolute atomic E-state index is 12.3. The second-order valence-electron chi connectivity index (χ2n) is 5.18. The van der Waals surface area contributed by atoms with Crippen molar-refractivity contribution in [3.05, 3.63) is 23.8 Å². The van der Waals surface area contributed by atoms with Crippen LogP contribution >= 0.6 is 0 Å². The second kappa shape index (κ2) is 7.92. The molecule has 1 fully saturated rings. The van der Waals surface area contributed by atoms with Gasteiger partial charge in [-0.25, -0.2) is 13.1 Å². The van der Waals surface area contributed by atoms with Crippen LogP contribution in [0.25, 0.3) is 0 Å². The third-order valence-corrected chi connectivity index (χ3v) is 5.23. The molecule has 0 aromatic heterocycles. The van der Waals surface area contributed by atoms with Crippen LogP contribution in [0.5, 0.6) is 5.75 Å². The molecule has 1 N–H and O–H groups in total. The van der Waals surface area contributed by atoms with Gasteiger partial charge in [-0.05, 0) is 30.2 Å². The largest absolute Gasteiger partial charge is 0.496 e. The molecule has 0 saturated carbocycles. The van der Waals surface area contributed by atoms with E-state index in [1.807, 2.05) is 6.92 Å². The minimum Gasteiger partial charge on any atom is -0.496 e. The van der Waals surface area contributed by atoms with Gasteiger partial charge in [0.15, 0.2) is 0 Å². The average molecular weight is 328 g/mol. The number of hydrogen-bond acceptors (Lipinski definition) is 5. The summed E-state index contributed by atoms with van der Waals surface area (Å²) in [5, 5.41) is 0. The van der Waals surface area contributed by atoms with E-state index in [0.717, 1.165) is 30.8 Å². The Morgan fingerprint density at radius 3 is 2.68 bits per heavy atom. The van der Waals surface area contributed by atoms with Gasteiger partial charge in [0.25, 0.3) is 0 Å². The Labute approximate surface area is 132 Å². The molecule has 0 bridgehead atoms.